The molecule has 1 aliphatic carbocycles. The van der Waals surface area contributed by atoms with Gasteiger partial charge in [-0.15, -0.1) is 24.5 Å². The SMILES string of the molecule is O=C(CCSCc1nc2sc3c(c2c(=O)[nH]1)CCCC3)NCc1ccc(OC(F)(F)F)cc1. The minimum absolute atomic E-state index is 0.0839. The molecule has 2 heterocycles. The van der Waals surface area contributed by atoms with Gasteiger partial charge in [0.2, 0.25) is 5.91 Å². The predicted octanol–water partition coefficient (Wildman–Crippen LogP) is 4.70. The van der Waals surface area contributed by atoms with E-state index in [4.69, 9.17) is 0 Å². The molecule has 0 aliphatic heterocycles. The third-order valence-electron chi connectivity index (χ3n) is 5.23. The van der Waals surface area contributed by atoms with Crippen LogP contribution in [0.2, 0.25) is 0 Å². The molecular formula is C22H22F3N3O3S2. The number of ether oxygens (including phenoxy) is 1. The van der Waals surface area contributed by atoms with Crippen molar-refractivity contribution >= 4 is 39.2 Å². The molecule has 2 N–H and O–H groups in total. The number of carbonyl (C=O) groups is 1. The van der Waals surface area contributed by atoms with Crippen LogP contribution in [0.5, 0.6) is 5.75 Å². The molecule has 0 bridgehead atoms. The van der Waals surface area contributed by atoms with Crippen molar-refractivity contribution in [2.75, 3.05) is 5.75 Å². The molecule has 0 fully saturated rings. The maximum Gasteiger partial charge on any atom is 0.573 e. The predicted molar refractivity (Wildman–Crippen MR) is 123 cm³/mol. The minimum atomic E-state index is -4.73. The Labute approximate surface area is 195 Å². The Balaban J connectivity index is 1.22. The first-order chi connectivity index (χ1) is 15.8. The summed E-state index contributed by atoms with van der Waals surface area (Å²) in [4.78, 5) is 34.2. The third kappa shape index (κ3) is 6.29. The highest BCUT2D eigenvalue weighted by atomic mass is 32.2. The van der Waals surface area contributed by atoms with Gasteiger partial charge in [-0.05, 0) is 48.9 Å². The molecule has 1 aromatic carbocycles. The number of benzene rings is 1. The number of nitrogens with zero attached hydrogens (tertiary/aromatic N) is 1. The molecule has 0 saturated carbocycles. The van der Waals surface area contributed by atoms with Crippen molar-refractivity contribution < 1.29 is 22.7 Å². The van der Waals surface area contributed by atoms with E-state index >= 15 is 0 Å². The van der Waals surface area contributed by atoms with Gasteiger partial charge in [-0.3, -0.25) is 9.59 Å². The topological polar surface area (TPSA) is 84.1 Å². The van der Waals surface area contributed by atoms with Gasteiger partial charge in [-0.25, -0.2) is 4.98 Å². The van der Waals surface area contributed by atoms with Gasteiger partial charge in [0.25, 0.3) is 5.56 Å². The number of aryl methyl sites for hydroxylation is 2. The summed E-state index contributed by atoms with van der Waals surface area (Å²) in [5, 5.41) is 3.48. The van der Waals surface area contributed by atoms with Crippen molar-refractivity contribution in [2.24, 2.45) is 0 Å². The number of carbonyl (C=O) groups excluding carboxylic acids is 1. The third-order valence-corrected chi connectivity index (χ3v) is 7.39. The molecule has 0 spiro atoms. The zero-order valence-corrected chi connectivity index (χ0v) is 19.2. The molecule has 176 valence electrons. The Morgan fingerprint density at radius 1 is 1.21 bits per heavy atom. The Morgan fingerprint density at radius 3 is 2.73 bits per heavy atom. The molecule has 2 aromatic heterocycles. The molecule has 4 rings (SSSR count). The summed E-state index contributed by atoms with van der Waals surface area (Å²) >= 11 is 3.12. The number of nitrogens with one attached hydrogen (secondary N) is 2. The normalized spacial score (nSPS) is 13.7. The van der Waals surface area contributed by atoms with E-state index in [0.29, 0.717) is 22.9 Å². The summed E-state index contributed by atoms with van der Waals surface area (Å²) in [6, 6.07) is 5.35. The van der Waals surface area contributed by atoms with Gasteiger partial charge in [-0.1, -0.05) is 12.1 Å². The number of thioether (sulfide) groups is 1. The summed E-state index contributed by atoms with van der Waals surface area (Å²) in [6.07, 6.45) is -0.240. The van der Waals surface area contributed by atoms with Crippen LogP contribution in [-0.2, 0) is 29.9 Å². The average molecular weight is 498 g/mol. The van der Waals surface area contributed by atoms with E-state index in [1.165, 1.54) is 40.9 Å². The summed E-state index contributed by atoms with van der Waals surface area (Å²) in [6.45, 7) is 0.213. The maximum atomic E-state index is 12.6. The number of aromatic nitrogens is 2. The van der Waals surface area contributed by atoms with Crippen LogP contribution in [0.25, 0.3) is 10.2 Å². The number of alkyl halides is 3. The van der Waals surface area contributed by atoms with Gasteiger partial charge in [0.15, 0.2) is 0 Å². The largest absolute Gasteiger partial charge is 0.573 e. The number of halogens is 3. The van der Waals surface area contributed by atoms with Crippen LogP contribution in [0.15, 0.2) is 29.1 Å². The number of aromatic amines is 1. The van der Waals surface area contributed by atoms with Crippen LogP contribution in [-0.4, -0.2) is 28.0 Å². The van der Waals surface area contributed by atoms with Crippen LogP contribution in [0, 0.1) is 0 Å². The smallest absolute Gasteiger partial charge is 0.406 e. The second-order valence-corrected chi connectivity index (χ2v) is 9.86. The molecule has 3 aromatic rings. The molecular weight excluding hydrogens is 475 g/mol. The van der Waals surface area contributed by atoms with E-state index in [2.05, 4.69) is 20.0 Å². The summed E-state index contributed by atoms with van der Waals surface area (Å²) < 4.78 is 40.4. The van der Waals surface area contributed by atoms with Crippen molar-refractivity contribution in [3.8, 4) is 5.75 Å². The van der Waals surface area contributed by atoms with Gasteiger partial charge in [-0.2, -0.15) is 11.8 Å². The summed E-state index contributed by atoms with van der Waals surface area (Å²) in [7, 11) is 0. The van der Waals surface area contributed by atoms with Gasteiger partial charge < -0.3 is 15.0 Å². The first-order valence-electron chi connectivity index (χ1n) is 10.5. The molecule has 6 nitrogen and oxygen atoms in total. The van der Waals surface area contributed by atoms with Crippen LogP contribution in [0.3, 0.4) is 0 Å². The number of rotatable bonds is 8. The molecule has 0 atom stereocenters. The number of hydrogen-bond donors (Lipinski definition) is 2. The zero-order valence-electron chi connectivity index (χ0n) is 17.6. The van der Waals surface area contributed by atoms with Gasteiger partial charge in [0, 0.05) is 23.6 Å². The number of amides is 1. The van der Waals surface area contributed by atoms with E-state index in [1.807, 2.05) is 0 Å². The van der Waals surface area contributed by atoms with Crippen molar-refractivity contribution in [1.29, 1.82) is 0 Å². The van der Waals surface area contributed by atoms with Crippen LogP contribution in [0.4, 0.5) is 13.2 Å². The van der Waals surface area contributed by atoms with Crippen molar-refractivity contribution in [3.05, 3.63) is 56.4 Å². The fraction of sp³-hybridized carbons (Fsp3) is 0.409. The van der Waals surface area contributed by atoms with Gasteiger partial charge >= 0.3 is 6.36 Å². The molecule has 1 aliphatic rings. The Morgan fingerprint density at radius 2 is 1.97 bits per heavy atom. The lowest BCUT2D eigenvalue weighted by Gasteiger charge is -2.10. The van der Waals surface area contributed by atoms with Gasteiger partial charge in [0.05, 0.1) is 11.1 Å². The standard InChI is InChI=1S/C22H22F3N3O3S2/c23-22(24,25)31-14-7-5-13(6-8-14)11-26-18(29)9-10-32-12-17-27-20(30)19-15-3-1-2-4-16(15)33-21(19)28-17/h5-8H,1-4,9-12H2,(H,26,29)(H,27,28,30). The molecule has 0 unspecified atom stereocenters. The molecule has 33 heavy (non-hydrogen) atoms. The Bertz CT molecular complexity index is 1190. The molecule has 0 radical (unpaired) electrons. The molecule has 1 amide bonds. The number of H-pyrrole nitrogens is 1. The number of fused-ring (bicyclic) bond motifs is 3. The number of hydrogen-bond acceptors (Lipinski definition) is 6. The highest BCUT2D eigenvalue weighted by molar-refractivity contribution is 7.98. The first-order valence-corrected chi connectivity index (χ1v) is 12.5. The monoisotopic (exact) mass is 497 g/mol. The second-order valence-electron chi connectivity index (χ2n) is 7.67. The Hall–Kier alpha value is -2.53. The van der Waals surface area contributed by atoms with E-state index in [1.54, 1.807) is 11.3 Å². The van der Waals surface area contributed by atoms with Crippen LogP contribution in [0.1, 0.15) is 41.1 Å². The van der Waals surface area contributed by atoms with E-state index in [9.17, 15) is 22.8 Å². The maximum absolute atomic E-state index is 12.6. The van der Waals surface area contributed by atoms with Crippen molar-refractivity contribution in [3.63, 3.8) is 0 Å². The zero-order chi connectivity index (χ0) is 23.4. The summed E-state index contributed by atoms with van der Waals surface area (Å²) in [5.41, 5.74) is 1.74. The fourth-order valence-corrected chi connectivity index (χ4v) is 5.79. The second kappa shape index (κ2) is 10.2. The summed E-state index contributed by atoms with van der Waals surface area (Å²) in [5.74, 6) is 1.19. The molecule has 0 saturated heterocycles. The highest BCUT2D eigenvalue weighted by Gasteiger charge is 2.30. The van der Waals surface area contributed by atoms with E-state index < -0.39 is 6.36 Å². The van der Waals surface area contributed by atoms with Crippen LogP contribution >= 0.6 is 23.1 Å². The van der Waals surface area contributed by atoms with Crippen molar-refractivity contribution in [2.45, 2.75) is 50.8 Å². The van der Waals surface area contributed by atoms with E-state index in [0.717, 1.165) is 41.5 Å². The quantitative estimate of drug-likeness (QED) is 0.441. The van der Waals surface area contributed by atoms with Crippen molar-refractivity contribution in [1.82, 2.24) is 15.3 Å². The van der Waals surface area contributed by atoms with E-state index in [-0.39, 0.29) is 30.2 Å². The lowest BCUT2D eigenvalue weighted by atomic mass is 9.97. The fourth-order valence-electron chi connectivity index (χ4n) is 3.71. The Kier molecular flexibility index (Phi) is 7.28. The van der Waals surface area contributed by atoms with Gasteiger partial charge in [0.1, 0.15) is 16.4 Å². The minimum Gasteiger partial charge on any atom is -0.406 e. The highest BCUT2D eigenvalue weighted by Crippen LogP contribution is 2.33. The average Bonchev–Trinajstić information content (AvgIpc) is 3.14. The first kappa shape index (κ1) is 23.6. The lowest BCUT2D eigenvalue weighted by molar-refractivity contribution is -0.274. The lowest BCUT2D eigenvalue weighted by Crippen LogP contribution is -2.23. The van der Waals surface area contributed by atoms with Crippen LogP contribution < -0.4 is 15.6 Å². The number of thiophene rings is 1. The molecule has 11 heteroatoms.